The molecule has 0 aliphatic rings. The van der Waals surface area contributed by atoms with Crippen LogP contribution in [0.2, 0.25) is 0 Å². The summed E-state index contributed by atoms with van der Waals surface area (Å²) in [6, 6.07) is 16.3. The van der Waals surface area contributed by atoms with E-state index in [1.807, 2.05) is 66.7 Å². The SMILES string of the molecule is CCCC(NC(=O)C(CCCCN)NC(=O)C(Cc1c[nH]c2ccccc12)NC(=O)C(Cc1ccc(O)cc1)NC(=O)C(CS)NC(=O)C(N)Cc1ccc2ccccc2c1)C(=O)NC(CS)C(=O)NC(C(N)=O)C(C)O. The van der Waals surface area contributed by atoms with Gasteiger partial charge in [-0.05, 0) is 91.2 Å². The zero-order valence-electron chi connectivity index (χ0n) is 43.0. The van der Waals surface area contributed by atoms with Crippen LogP contribution in [0.1, 0.15) is 62.6 Å². The number of aliphatic hydroxyl groups excluding tert-OH is 1. The summed E-state index contributed by atoms with van der Waals surface area (Å²) in [5.41, 5.74) is 20.2. The highest BCUT2D eigenvalue weighted by atomic mass is 32.1. The number of rotatable bonds is 30. The van der Waals surface area contributed by atoms with Crippen molar-refractivity contribution in [2.75, 3.05) is 18.1 Å². The van der Waals surface area contributed by atoms with E-state index in [1.54, 1.807) is 25.3 Å². The normalized spacial score (nSPS) is 14.8. The Balaban J connectivity index is 1.38. The van der Waals surface area contributed by atoms with Crippen LogP contribution in [0, 0.1) is 0 Å². The average molecular weight is 1100 g/mol. The van der Waals surface area contributed by atoms with Gasteiger partial charge in [0.15, 0.2) is 0 Å². The Morgan fingerprint density at radius 2 is 1.09 bits per heavy atom. The number of hydrogen-bond donors (Lipinski definition) is 15. The van der Waals surface area contributed by atoms with Crippen LogP contribution < -0.4 is 54.4 Å². The Bertz CT molecular complexity index is 2830. The molecule has 5 aromatic rings. The van der Waals surface area contributed by atoms with Crippen molar-refractivity contribution in [3.8, 4) is 5.75 Å². The van der Waals surface area contributed by atoms with Crippen molar-refractivity contribution < 1.29 is 48.6 Å². The fourth-order valence-electron chi connectivity index (χ4n) is 8.55. The number of nitrogens with two attached hydrogens (primary N) is 3. The molecule has 0 saturated heterocycles. The lowest BCUT2D eigenvalue weighted by atomic mass is 10.0. The minimum Gasteiger partial charge on any atom is -0.508 e. The van der Waals surface area contributed by atoms with Crippen LogP contribution in [0.4, 0.5) is 0 Å². The van der Waals surface area contributed by atoms with Crippen LogP contribution in [0.25, 0.3) is 21.7 Å². The molecule has 0 saturated carbocycles. The lowest BCUT2D eigenvalue weighted by Crippen LogP contribution is -2.61. The van der Waals surface area contributed by atoms with Crippen molar-refractivity contribution in [2.24, 2.45) is 17.2 Å². The first-order valence-electron chi connectivity index (χ1n) is 25.4. The van der Waals surface area contributed by atoms with Gasteiger partial charge in [0, 0.05) is 41.4 Å². The van der Waals surface area contributed by atoms with Gasteiger partial charge in [0.05, 0.1) is 12.1 Å². The molecule has 4 aromatic carbocycles. The van der Waals surface area contributed by atoms with Crippen molar-refractivity contribution in [3.63, 3.8) is 0 Å². The number of carbonyl (C=O) groups excluding carboxylic acids is 8. The number of phenols is 1. The standard InChI is InChI=1S/C54H71N11O10S2/c1-3-10-40(49(70)64-45(29-77)54(75)65-46(30(2)66)47(57)68)59-50(71)41(15-8-9-22-55)60-52(73)43(26-35-27-58-39-14-7-6-13-37(35)39)62-51(72)42(25-31-17-20-36(67)21-18-31)61-53(74)44(28-76)63-48(69)38(56)24-32-16-19-33-11-4-5-12-34(33)23-32/h4-7,11-14,16-21,23,27,30,38,40-46,58,66-67,76-77H,3,8-10,15,22,24-26,28-29,55-56H2,1-2H3,(H2,57,68)(H,59,71)(H,60,73)(H,61,74)(H,62,72)(H,63,69)(H,64,70)(H,65,75). The molecule has 9 atom stereocenters. The lowest BCUT2D eigenvalue weighted by molar-refractivity contribution is -0.135. The third-order valence-electron chi connectivity index (χ3n) is 12.9. The summed E-state index contributed by atoms with van der Waals surface area (Å²) in [5, 5.41) is 41.3. The minimum atomic E-state index is -1.46. The summed E-state index contributed by atoms with van der Waals surface area (Å²) >= 11 is 8.54. The minimum absolute atomic E-state index is 0.0447. The second-order valence-corrected chi connectivity index (χ2v) is 19.6. The molecule has 0 aliphatic carbocycles. The Labute approximate surface area is 457 Å². The molecule has 23 heteroatoms. The molecule has 0 radical (unpaired) electrons. The van der Waals surface area contributed by atoms with Crippen LogP contribution in [-0.2, 0) is 57.6 Å². The van der Waals surface area contributed by atoms with E-state index in [1.165, 1.54) is 19.1 Å². The summed E-state index contributed by atoms with van der Waals surface area (Å²) in [6.07, 6.45) is 1.65. The maximum atomic E-state index is 14.7. The molecular formula is C54H71N11O10S2. The van der Waals surface area contributed by atoms with Crippen molar-refractivity contribution in [3.05, 3.63) is 114 Å². The van der Waals surface area contributed by atoms with Gasteiger partial charge < -0.3 is 69.6 Å². The van der Waals surface area contributed by atoms with Crippen molar-refractivity contribution in [2.45, 2.75) is 120 Å². The second kappa shape index (κ2) is 29.9. The molecular weight excluding hydrogens is 1030 g/mol. The zero-order valence-corrected chi connectivity index (χ0v) is 44.8. The Morgan fingerprint density at radius 1 is 0.584 bits per heavy atom. The van der Waals surface area contributed by atoms with E-state index in [2.05, 4.69) is 67.5 Å². The second-order valence-electron chi connectivity index (χ2n) is 18.9. The van der Waals surface area contributed by atoms with E-state index < -0.39 is 102 Å². The third-order valence-corrected chi connectivity index (χ3v) is 13.6. The number of aromatic nitrogens is 1. The van der Waals surface area contributed by atoms with Gasteiger partial charge in [-0.3, -0.25) is 38.4 Å². The fourth-order valence-corrected chi connectivity index (χ4v) is 9.06. The number of primary amides is 1. The van der Waals surface area contributed by atoms with Crippen LogP contribution in [-0.4, -0.2) is 135 Å². The average Bonchev–Trinajstić information content (AvgIpc) is 3.82. The van der Waals surface area contributed by atoms with E-state index in [0.29, 0.717) is 30.4 Å². The van der Waals surface area contributed by atoms with Crippen LogP contribution in [0.5, 0.6) is 5.75 Å². The van der Waals surface area contributed by atoms with E-state index in [4.69, 9.17) is 17.2 Å². The summed E-state index contributed by atoms with van der Waals surface area (Å²) in [6.45, 7) is 3.29. The maximum absolute atomic E-state index is 14.7. The Morgan fingerprint density at radius 3 is 1.69 bits per heavy atom. The molecule has 21 nitrogen and oxygen atoms in total. The first-order chi connectivity index (χ1) is 36.8. The number of nitrogens with one attached hydrogen (secondary N) is 8. The van der Waals surface area contributed by atoms with Crippen molar-refractivity contribution in [1.82, 2.24) is 42.2 Å². The first-order valence-corrected chi connectivity index (χ1v) is 26.7. The highest BCUT2D eigenvalue weighted by molar-refractivity contribution is 7.80. The largest absolute Gasteiger partial charge is 0.508 e. The topological polar surface area (TPSA) is 355 Å². The van der Waals surface area contributed by atoms with E-state index >= 15 is 0 Å². The molecule has 9 unspecified atom stereocenters. The highest BCUT2D eigenvalue weighted by Crippen LogP contribution is 2.21. The zero-order chi connectivity index (χ0) is 56.2. The number of thiol groups is 2. The van der Waals surface area contributed by atoms with Crippen molar-refractivity contribution in [1.29, 1.82) is 0 Å². The number of para-hydroxylation sites is 1. The summed E-state index contributed by atoms with van der Waals surface area (Å²) in [4.78, 5) is 113. The van der Waals surface area contributed by atoms with Crippen LogP contribution >= 0.6 is 25.3 Å². The van der Waals surface area contributed by atoms with Gasteiger partial charge in [-0.2, -0.15) is 25.3 Å². The third kappa shape index (κ3) is 18.0. The quantitative estimate of drug-likeness (QED) is 0.0220. The van der Waals surface area contributed by atoms with E-state index in [0.717, 1.165) is 27.2 Å². The number of amides is 8. The van der Waals surface area contributed by atoms with Gasteiger partial charge in [0.25, 0.3) is 0 Å². The highest BCUT2D eigenvalue weighted by Gasteiger charge is 2.35. The molecule has 414 valence electrons. The van der Waals surface area contributed by atoms with Crippen molar-refractivity contribution >= 4 is 94.2 Å². The maximum Gasteiger partial charge on any atom is 0.244 e. The molecule has 77 heavy (non-hydrogen) atoms. The molecule has 16 N–H and O–H groups in total. The molecule has 1 heterocycles. The fraction of sp³-hybridized carbons (Fsp3) is 0.407. The van der Waals surface area contributed by atoms with Gasteiger partial charge in [0.2, 0.25) is 47.3 Å². The van der Waals surface area contributed by atoms with Crippen LogP contribution in [0.3, 0.4) is 0 Å². The molecule has 8 amide bonds. The molecule has 0 aliphatic heterocycles. The predicted molar refractivity (Wildman–Crippen MR) is 299 cm³/mol. The lowest BCUT2D eigenvalue weighted by Gasteiger charge is -2.28. The van der Waals surface area contributed by atoms with Gasteiger partial charge >= 0.3 is 0 Å². The number of fused-ring (bicyclic) bond motifs is 2. The molecule has 0 fully saturated rings. The summed E-state index contributed by atoms with van der Waals surface area (Å²) in [7, 11) is 0. The summed E-state index contributed by atoms with van der Waals surface area (Å²) < 4.78 is 0. The number of benzene rings is 4. The molecule has 0 bridgehead atoms. The van der Waals surface area contributed by atoms with E-state index in [-0.39, 0.29) is 55.9 Å². The Kier molecular flexibility index (Phi) is 23.6. The number of unbranched alkanes of at least 4 members (excludes halogenated alkanes) is 1. The van der Waals surface area contributed by atoms with Gasteiger partial charge in [0.1, 0.15) is 48.0 Å². The van der Waals surface area contributed by atoms with Crippen LogP contribution in [0.15, 0.2) is 97.2 Å². The number of hydrogen-bond acceptors (Lipinski definition) is 14. The van der Waals surface area contributed by atoms with Gasteiger partial charge in [-0.25, -0.2) is 0 Å². The number of aromatic amines is 1. The summed E-state index contributed by atoms with van der Waals surface area (Å²) in [5.74, 6) is -6.87. The first kappa shape index (κ1) is 60.7. The smallest absolute Gasteiger partial charge is 0.244 e. The number of H-pyrrole nitrogens is 1. The van der Waals surface area contributed by atoms with Gasteiger partial charge in [-0.15, -0.1) is 0 Å². The number of aliphatic hydroxyl groups is 1. The monoisotopic (exact) mass is 1100 g/mol. The number of carbonyl (C=O) groups is 8. The van der Waals surface area contributed by atoms with E-state index in [9.17, 15) is 48.6 Å². The number of aromatic hydroxyl groups is 1. The molecule has 1 aromatic heterocycles. The molecule has 5 rings (SSSR count). The molecule has 0 spiro atoms. The van der Waals surface area contributed by atoms with Gasteiger partial charge in [-0.1, -0.05) is 86.1 Å². The number of phenolic OH excluding ortho intramolecular Hbond substituents is 1. The predicted octanol–water partition coefficient (Wildman–Crippen LogP) is 0.430. The Hall–Kier alpha value is -7.18.